The van der Waals surface area contributed by atoms with Gasteiger partial charge < -0.3 is 10.3 Å². The van der Waals surface area contributed by atoms with Gasteiger partial charge >= 0.3 is 0 Å². The van der Waals surface area contributed by atoms with Gasteiger partial charge in [-0.1, -0.05) is 19.0 Å². The molecule has 0 saturated carbocycles. The fraction of sp³-hybridized carbons (Fsp3) is 0.364. The van der Waals surface area contributed by atoms with Crippen molar-refractivity contribution in [2.75, 3.05) is 0 Å². The molecule has 0 aliphatic heterocycles. The van der Waals surface area contributed by atoms with Gasteiger partial charge in [0.25, 0.3) is 0 Å². The second kappa shape index (κ2) is 4.58. The molecule has 6 heteroatoms. The van der Waals surface area contributed by atoms with Gasteiger partial charge in [0, 0.05) is 0 Å². The van der Waals surface area contributed by atoms with Crippen LogP contribution in [-0.4, -0.2) is 15.1 Å². The van der Waals surface area contributed by atoms with Crippen LogP contribution in [0.1, 0.15) is 25.8 Å². The smallest absolute Gasteiger partial charge is 0.244 e. The molecule has 2 heterocycles. The van der Waals surface area contributed by atoms with Crippen LogP contribution in [0.15, 0.2) is 22.9 Å². The lowest BCUT2D eigenvalue weighted by Crippen LogP contribution is -2.16. The maximum atomic E-state index is 12.7. The number of aromatic nitrogens is 3. The van der Waals surface area contributed by atoms with Crippen molar-refractivity contribution < 1.29 is 8.91 Å². The van der Waals surface area contributed by atoms with E-state index in [9.17, 15) is 4.39 Å². The normalized spacial score (nSPS) is 13.0. The standard InChI is InChI=1S/C11H13FN4O/c1-6(2)9(13)11-15-10(16-17-11)8-4-3-7(12)5-14-8/h3-6,9H,13H2,1-2H3/t9-/m1/s1. The fourth-order valence-corrected chi connectivity index (χ4v) is 1.27. The van der Waals surface area contributed by atoms with Crippen LogP contribution in [0.5, 0.6) is 0 Å². The Bertz CT molecular complexity index is 494. The highest BCUT2D eigenvalue weighted by atomic mass is 19.1. The summed E-state index contributed by atoms with van der Waals surface area (Å²) in [5.74, 6) is 0.470. The van der Waals surface area contributed by atoms with E-state index in [0.29, 0.717) is 17.4 Å². The zero-order valence-electron chi connectivity index (χ0n) is 9.59. The minimum absolute atomic E-state index is 0.199. The average molecular weight is 236 g/mol. The molecule has 90 valence electrons. The molecular formula is C11H13FN4O. The summed E-state index contributed by atoms with van der Waals surface area (Å²) in [4.78, 5) is 8.01. The van der Waals surface area contributed by atoms with Gasteiger partial charge in [-0.2, -0.15) is 4.98 Å². The molecule has 0 aliphatic carbocycles. The van der Waals surface area contributed by atoms with Gasteiger partial charge in [0.15, 0.2) is 0 Å². The molecule has 0 saturated heterocycles. The lowest BCUT2D eigenvalue weighted by molar-refractivity contribution is 0.325. The molecule has 0 fully saturated rings. The average Bonchev–Trinajstić information content (AvgIpc) is 2.78. The first kappa shape index (κ1) is 11.7. The van der Waals surface area contributed by atoms with Crippen LogP contribution in [0.25, 0.3) is 11.5 Å². The molecule has 0 unspecified atom stereocenters. The third-order valence-electron chi connectivity index (χ3n) is 2.40. The molecule has 0 bridgehead atoms. The number of nitrogens with zero attached hydrogens (tertiary/aromatic N) is 3. The van der Waals surface area contributed by atoms with E-state index in [1.165, 1.54) is 12.1 Å². The Balaban J connectivity index is 2.26. The van der Waals surface area contributed by atoms with Crippen molar-refractivity contribution in [3.63, 3.8) is 0 Å². The molecule has 0 aromatic carbocycles. The van der Waals surface area contributed by atoms with E-state index < -0.39 is 5.82 Å². The highest BCUT2D eigenvalue weighted by Crippen LogP contribution is 2.20. The fourth-order valence-electron chi connectivity index (χ4n) is 1.27. The van der Waals surface area contributed by atoms with Crippen LogP contribution in [0.4, 0.5) is 4.39 Å². The van der Waals surface area contributed by atoms with Crippen molar-refractivity contribution in [3.05, 3.63) is 30.0 Å². The first-order chi connectivity index (χ1) is 8.08. The van der Waals surface area contributed by atoms with E-state index in [1.54, 1.807) is 0 Å². The van der Waals surface area contributed by atoms with Crippen LogP contribution in [0.2, 0.25) is 0 Å². The number of pyridine rings is 1. The first-order valence-electron chi connectivity index (χ1n) is 5.29. The third-order valence-corrected chi connectivity index (χ3v) is 2.40. The van der Waals surface area contributed by atoms with E-state index in [1.807, 2.05) is 13.8 Å². The summed E-state index contributed by atoms with van der Waals surface area (Å²) in [5, 5.41) is 3.77. The van der Waals surface area contributed by atoms with Crippen LogP contribution in [0, 0.1) is 11.7 Å². The van der Waals surface area contributed by atoms with Gasteiger partial charge in [-0.15, -0.1) is 0 Å². The molecule has 2 rings (SSSR count). The lowest BCUT2D eigenvalue weighted by Gasteiger charge is -2.09. The zero-order valence-corrected chi connectivity index (χ0v) is 9.59. The third kappa shape index (κ3) is 2.47. The number of nitrogens with two attached hydrogens (primary N) is 1. The van der Waals surface area contributed by atoms with Gasteiger partial charge in [-0.25, -0.2) is 9.37 Å². The summed E-state index contributed by atoms with van der Waals surface area (Å²) in [5.41, 5.74) is 6.33. The van der Waals surface area contributed by atoms with Crippen molar-refractivity contribution in [2.45, 2.75) is 19.9 Å². The van der Waals surface area contributed by atoms with E-state index in [4.69, 9.17) is 10.3 Å². The number of rotatable bonds is 3. The highest BCUT2D eigenvalue weighted by molar-refractivity contribution is 5.47. The number of halogens is 1. The van der Waals surface area contributed by atoms with E-state index in [-0.39, 0.29) is 12.0 Å². The molecule has 2 aromatic rings. The molecular weight excluding hydrogens is 223 g/mol. The molecule has 1 atom stereocenters. The SMILES string of the molecule is CC(C)[C@@H](N)c1nc(-c2ccc(F)cn2)no1. The summed E-state index contributed by atoms with van der Waals surface area (Å²) in [7, 11) is 0. The molecule has 0 spiro atoms. The van der Waals surface area contributed by atoms with Gasteiger partial charge in [0.05, 0.1) is 12.2 Å². The summed E-state index contributed by atoms with van der Waals surface area (Å²) >= 11 is 0. The summed E-state index contributed by atoms with van der Waals surface area (Å²) in [6, 6.07) is 2.47. The molecule has 0 radical (unpaired) electrons. The Morgan fingerprint density at radius 1 is 1.35 bits per heavy atom. The Labute approximate surface area is 97.9 Å². The minimum atomic E-state index is -0.406. The Morgan fingerprint density at radius 2 is 2.12 bits per heavy atom. The monoisotopic (exact) mass is 236 g/mol. The second-order valence-corrected chi connectivity index (χ2v) is 4.09. The first-order valence-corrected chi connectivity index (χ1v) is 5.29. The van der Waals surface area contributed by atoms with Crippen molar-refractivity contribution in [1.82, 2.24) is 15.1 Å². The quantitative estimate of drug-likeness (QED) is 0.880. The minimum Gasteiger partial charge on any atom is -0.337 e. The lowest BCUT2D eigenvalue weighted by atomic mass is 10.1. The summed E-state index contributed by atoms with van der Waals surface area (Å²) in [6.45, 7) is 3.93. The summed E-state index contributed by atoms with van der Waals surface area (Å²) < 4.78 is 17.7. The zero-order chi connectivity index (χ0) is 12.4. The predicted molar refractivity (Wildman–Crippen MR) is 59.3 cm³/mol. The van der Waals surface area contributed by atoms with Crippen LogP contribution in [-0.2, 0) is 0 Å². The van der Waals surface area contributed by atoms with Gasteiger partial charge in [0.2, 0.25) is 11.7 Å². The van der Waals surface area contributed by atoms with Crippen LogP contribution < -0.4 is 5.73 Å². The molecule has 5 nitrogen and oxygen atoms in total. The van der Waals surface area contributed by atoms with Gasteiger partial charge in [0.1, 0.15) is 11.5 Å². The number of hydrogen-bond donors (Lipinski definition) is 1. The van der Waals surface area contributed by atoms with E-state index >= 15 is 0 Å². The van der Waals surface area contributed by atoms with Gasteiger partial charge in [-0.3, -0.25) is 0 Å². The predicted octanol–water partition coefficient (Wildman–Crippen LogP) is 1.93. The van der Waals surface area contributed by atoms with Crippen molar-refractivity contribution in [1.29, 1.82) is 0 Å². The topological polar surface area (TPSA) is 77.8 Å². The Hall–Kier alpha value is -1.82. The highest BCUT2D eigenvalue weighted by Gasteiger charge is 2.18. The van der Waals surface area contributed by atoms with E-state index in [2.05, 4.69) is 15.1 Å². The van der Waals surface area contributed by atoms with Crippen LogP contribution in [0.3, 0.4) is 0 Å². The summed E-state index contributed by atoms with van der Waals surface area (Å²) in [6.07, 6.45) is 1.10. The molecule has 17 heavy (non-hydrogen) atoms. The van der Waals surface area contributed by atoms with Crippen LogP contribution >= 0.6 is 0 Å². The van der Waals surface area contributed by atoms with Crippen molar-refractivity contribution in [3.8, 4) is 11.5 Å². The maximum Gasteiger partial charge on any atom is 0.244 e. The number of hydrogen-bond acceptors (Lipinski definition) is 5. The second-order valence-electron chi connectivity index (χ2n) is 4.09. The maximum absolute atomic E-state index is 12.7. The Morgan fingerprint density at radius 3 is 2.71 bits per heavy atom. The molecule has 0 aliphatic rings. The van der Waals surface area contributed by atoms with Gasteiger partial charge in [-0.05, 0) is 18.1 Å². The van der Waals surface area contributed by atoms with Crippen molar-refractivity contribution >= 4 is 0 Å². The Kier molecular flexibility index (Phi) is 3.14. The largest absolute Gasteiger partial charge is 0.337 e. The van der Waals surface area contributed by atoms with Crippen molar-refractivity contribution in [2.24, 2.45) is 11.7 Å². The molecule has 2 N–H and O–H groups in total. The molecule has 2 aromatic heterocycles. The van der Waals surface area contributed by atoms with E-state index in [0.717, 1.165) is 6.20 Å². The molecule has 0 amide bonds.